The van der Waals surface area contributed by atoms with Crippen LogP contribution in [0, 0.1) is 10.1 Å². The summed E-state index contributed by atoms with van der Waals surface area (Å²) in [6, 6.07) is 13.8. The minimum Gasteiger partial charge on any atom is -0.348 e. The normalized spacial score (nSPS) is 14.6. The van der Waals surface area contributed by atoms with E-state index in [0.29, 0.717) is 24.6 Å². The molecular weight excluding hydrogens is 370 g/mol. The molecule has 1 N–H and O–H groups in total. The average molecular weight is 391 g/mol. The predicted octanol–water partition coefficient (Wildman–Crippen LogP) is 2.85. The van der Waals surface area contributed by atoms with Gasteiger partial charge in [-0.25, -0.2) is 9.97 Å². The van der Waals surface area contributed by atoms with Crippen molar-refractivity contribution in [1.29, 1.82) is 0 Å². The third kappa shape index (κ3) is 4.46. The summed E-state index contributed by atoms with van der Waals surface area (Å²) < 4.78 is 0. The van der Waals surface area contributed by atoms with E-state index in [9.17, 15) is 10.1 Å². The van der Waals surface area contributed by atoms with Crippen LogP contribution in [0.25, 0.3) is 0 Å². The smallest absolute Gasteiger partial charge is 0.348 e. The summed E-state index contributed by atoms with van der Waals surface area (Å²) >= 11 is 0. The molecule has 0 unspecified atom stereocenters. The number of hydrogen-bond donors (Lipinski definition) is 1. The standard InChI is InChI=1S/C20H21N7O2/c28-27(29)18-19(24-17-7-4-8-21-13-17)22-15-23-20(18)26-11-9-25(10-12-26)14-16-5-2-1-3-6-16/h1-8,13,15H,9-12,14H2,(H,22,23,24). The van der Waals surface area contributed by atoms with E-state index >= 15 is 0 Å². The van der Waals surface area contributed by atoms with E-state index < -0.39 is 4.92 Å². The molecule has 3 heterocycles. The Labute approximate surface area is 168 Å². The number of pyridine rings is 1. The Morgan fingerprint density at radius 1 is 1.03 bits per heavy atom. The van der Waals surface area contributed by atoms with Gasteiger partial charge >= 0.3 is 5.69 Å². The van der Waals surface area contributed by atoms with Gasteiger partial charge in [0.25, 0.3) is 0 Å². The zero-order valence-electron chi connectivity index (χ0n) is 15.8. The number of nitro groups is 1. The third-order valence-electron chi connectivity index (χ3n) is 4.83. The van der Waals surface area contributed by atoms with Crippen molar-refractivity contribution in [1.82, 2.24) is 19.9 Å². The zero-order valence-corrected chi connectivity index (χ0v) is 15.8. The zero-order chi connectivity index (χ0) is 20.1. The second kappa shape index (κ2) is 8.61. The van der Waals surface area contributed by atoms with Crippen LogP contribution in [0.15, 0.2) is 61.2 Å². The SMILES string of the molecule is O=[N+]([O-])c1c(Nc2cccnc2)ncnc1N1CCN(Cc2ccccc2)CC1. The van der Waals surface area contributed by atoms with Crippen molar-refractivity contribution < 1.29 is 4.92 Å². The number of benzene rings is 1. The lowest BCUT2D eigenvalue weighted by atomic mass is 10.2. The van der Waals surface area contributed by atoms with Gasteiger partial charge in [0, 0.05) is 38.9 Å². The molecule has 9 nitrogen and oxygen atoms in total. The number of rotatable bonds is 6. The molecule has 0 bridgehead atoms. The van der Waals surface area contributed by atoms with Gasteiger partial charge in [0.1, 0.15) is 6.33 Å². The van der Waals surface area contributed by atoms with E-state index in [0.717, 1.165) is 19.6 Å². The number of anilines is 3. The molecule has 0 saturated carbocycles. The van der Waals surface area contributed by atoms with E-state index in [1.807, 2.05) is 23.1 Å². The topological polar surface area (TPSA) is 100 Å². The summed E-state index contributed by atoms with van der Waals surface area (Å²) in [5.41, 5.74) is 1.78. The fourth-order valence-electron chi connectivity index (χ4n) is 3.39. The largest absolute Gasteiger partial charge is 0.353 e. The Balaban J connectivity index is 1.50. The number of nitrogens with zero attached hydrogens (tertiary/aromatic N) is 6. The Morgan fingerprint density at radius 2 is 1.83 bits per heavy atom. The first kappa shape index (κ1) is 18.8. The van der Waals surface area contributed by atoms with Crippen molar-refractivity contribution in [3.8, 4) is 0 Å². The lowest BCUT2D eigenvalue weighted by molar-refractivity contribution is -0.383. The molecule has 9 heteroatoms. The first-order valence-electron chi connectivity index (χ1n) is 9.38. The van der Waals surface area contributed by atoms with Crippen molar-refractivity contribution in [3.05, 3.63) is 76.9 Å². The third-order valence-corrected chi connectivity index (χ3v) is 4.83. The maximum atomic E-state index is 11.8. The van der Waals surface area contributed by atoms with Crippen LogP contribution in [0.2, 0.25) is 0 Å². The lowest BCUT2D eigenvalue weighted by Gasteiger charge is -2.35. The molecule has 0 aliphatic carbocycles. The van der Waals surface area contributed by atoms with Crippen molar-refractivity contribution in [3.63, 3.8) is 0 Å². The number of aromatic nitrogens is 3. The van der Waals surface area contributed by atoms with Gasteiger partial charge in [0.15, 0.2) is 0 Å². The van der Waals surface area contributed by atoms with E-state index in [1.54, 1.807) is 24.5 Å². The maximum absolute atomic E-state index is 11.8. The molecule has 1 fully saturated rings. The molecule has 1 aliphatic heterocycles. The molecule has 1 aliphatic rings. The maximum Gasteiger partial charge on any atom is 0.353 e. The summed E-state index contributed by atoms with van der Waals surface area (Å²) in [6.07, 6.45) is 4.59. The Hall–Kier alpha value is -3.59. The highest BCUT2D eigenvalue weighted by atomic mass is 16.6. The van der Waals surface area contributed by atoms with Crippen LogP contribution in [0.4, 0.5) is 23.0 Å². The minimum absolute atomic E-state index is 0.118. The van der Waals surface area contributed by atoms with Crippen molar-refractivity contribution in [2.75, 3.05) is 36.4 Å². The van der Waals surface area contributed by atoms with E-state index in [4.69, 9.17) is 0 Å². The number of piperazine rings is 1. The van der Waals surface area contributed by atoms with Gasteiger partial charge in [-0.1, -0.05) is 30.3 Å². The van der Waals surface area contributed by atoms with Crippen LogP contribution >= 0.6 is 0 Å². The quantitative estimate of drug-likeness (QED) is 0.506. The summed E-state index contributed by atoms with van der Waals surface area (Å²) in [5, 5.41) is 14.8. The van der Waals surface area contributed by atoms with Crippen molar-refractivity contribution in [2.24, 2.45) is 0 Å². The lowest BCUT2D eigenvalue weighted by Crippen LogP contribution is -2.46. The fraction of sp³-hybridized carbons (Fsp3) is 0.250. The first-order chi connectivity index (χ1) is 14.2. The van der Waals surface area contributed by atoms with Crippen LogP contribution in [-0.4, -0.2) is 51.0 Å². The summed E-state index contributed by atoms with van der Waals surface area (Å²) in [6.45, 7) is 3.81. The Bertz CT molecular complexity index is 961. The van der Waals surface area contributed by atoms with Crippen LogP contribution < -0.4 is 10.2 Å². The summed E-state index contributed by atoms with van der Waals surface area (Å²) in [7, 11) is 0. The highest BCUT2D eigenvalue weighted by Gasteiger charge is 2.29. The molecule has 0 spiro atoms. The molecule has 2 aromatic heterocycles. The molecule has 1 saturated heterocycles. The van der Waals surface area contributed by atoms with Gasteiger partial charge in [-0.15, -0.1) is 0 Å². The second-order valence-electron chi connectivity index (χ2n) is 6.77. The summed E-state index contributed by atoms with van der Waals surface area (Å²) in [5.74, 6) is 0.510. The van der Waals surface area contributed by atoms with E-state index in [-0.39, 0.29) is 11.5 Å². The van der Waals surface area contributed by atoms with Gasteiger partial charge in [-0.3, -0.25) is 20.0 Å². The van der Waals surface area contributed by atoms with Gasteiger partial charge < -0.3 is 10.2 Å². The number of hydrogen-bond acceptors (Lipinski definition) is 8. The first-order valence-corrected chi connectivity index (χ1v) is 9.38. The van der Waals surface area contributed by atoms with E-state index in [2.05, 4.69) is 37.3 Å². The highest BCUT2D eigenvalue weighted by Crippen LogP contribution is 2.33. The number of nitrogens with one attached hydrogen (secondary N) is 1. The molecule has 0 radical (unpaired) electrons. The van der Waals surface area contributed by atoms with E-state index in [1.165, 1.54) is 11.9 Å². The molecular formula is C20H21N7O2. The van der Waals surface area contributed by atoms with Crippen LogP contribution in [0.1, 0.15) is 5.56 Å². The molecule has 0 amide bonds. The van der Waals surface area contributed by atoms with Gasteiger partial charge in [-0.2, -0.15) is 0 Å². The molecule has 0 atom stereocenters. The average Bonchev–Trinajstić information content (AvgIpc) is 2.75. The minimum atomic E-state index is -0.426. The molecule has 3 aromatic rings. The van der Waals surface area contributed by atoms with Crippen molar-refractivity contribution >= 4 is 23.0 Å². The van der Waals surface area contributed by atoms with Crippen LogP contribution in [-0.2, 0) is 6.54 Å². The Kier molecular flexibility index (Phi) is 5.57. The Morgan fingerprint density at radius 3 is 2.52 bits per heavy atom. The second-order valence-corrected chi connectivity index (χ2v) is 6.77. The molecule has 29 heavy (non-hydrogen) atoms. The predicted molar refractivity (Wildman–Crippen MR) is 110 cm³/mol. The van der Waals surface area contributed by atoms with Crippen LogP contribution in [0.3, 0.4) is 0 Å². The monoisotopic (exact) mass is 391 g/mol. The molecule has 1 aromatic carbocycles. The fourth-order valence-corrected chi connectivity index (χ4v) is 3.39. The van der Waals surface area contributed by atoms with Gasteiger partial charge in [0.2, 0.25) is 11.6 Å². The molecule has 4 rings (SSSR count). The highest BCUT2D eigenvalue weighted by molar-refractivity contribution is 5.74. The van der Waals surface area contributed by atoms with Gasteiger partial charge in [0.05, 0.1) is 16.8 Å². The summed E-state index contributed by atoms with van der Waals surface area (Å²) in [4.78, 5) is 28.0. The van der Waals surface area contributed by atoms with Gasteiger partial charge in [-0.05, 0) is 17.7 Å². The van der Waals surface area contributed by atoms with Crippen LogP contribution in [0.5, 0.6) is 0 Å². The van der Waals surface area contributed by atoms with Crippen molar-refractivity contribution in [2.45, 2.75) is 6.54 Å². The molecule has 148 valence electrons.